The van der Waals surface area contributed by atoms with E-state index >= 15 is 0 Å². The number of benzene rings is 3. The van der Waals surface area contributed by atoms with Crippen LogP contribution in [0, 0.1) is 11.3 Å². The van der Waals surface area contributed by atoms with Gasteiger partial charge in [-0.2, -0.15) is 5.26 Å². The van der Waals surface area contributed by atoms with E-state index in [9.17, 15) is 14.9 Å². The zero-order chi connectivity index (χ0) is 25.2. The van der Waals surface area contributed by atoms with Gasteiger partial charge in [-0.05, 0) is 31.2 Å². The van der Waals surface area contributed by atoms with Gasteiger partial charge in [-0.1, -0.05) is 42.5 Å². The highest BCUT2D eigenvalue weighted by atomic mass is 16.5. The van der Waals surface area contributed by atoms with Crippen molar-refractivity contribution >= 4 is 16.9 Å². The quantitative estimate of drug-likeness (QED) is 0.249. The third-order valence-electron chi connectivity index (χ3n) is 5.79. The summed E-state index contributed by atoms with van der Waals surface area (Å²) < 4.78 is 22.2. The first-order valence-corrected chi connectivity index (χ1v) is 11.2. The van der Waals surface area contributed by atoms with E-state index in [0.717, 1.165) is 5.56 Å². The molecule has 1 unspecified atom stereocenters. The van der Waals surface area contributed by atoms with Crippen LogP contribution in [0.3, 0.4) is 0 Å². The number of fused-ring (bicyclic) bond motifs is 2. The van der Waals surface area contributed by atoms with Gasteiger partial charge in [-0.15, -0.1) is 0 Å². The molecular weight excluding hydrogens is 460 g/mol. The van der Waals surface area contributed by atoms with Gasteiger partial charge in [0.25, 0.3) is 0 Å². The Bertz CT molecular complexity index is 1630. The lowest BCUT2D eigenvalue weighted by atomic mass is 9.83. The lowest BCUT2D eigenvalue weighted by Gasteiger charge is -2.27. The first kappa shape index (κ1) is 22.7. The number of hydrogen-bond donors (Lipinski definition) is 1. The van der Waals surface area contributed by atoms with E-state index in [4.69, 9.17) is 24.4 Å². The molecule has 0 saturated carbocycles. The summed E-state index contributed by atoms with van der Waals surface area (Å²) in [6.45, 7) is 2.33. The third-order valence-corrected chi connectivity index (χ3v) is 5.79. The van der Waals surface area contributed by atoms with E-state index in [1.54, 1.807) is 36.4 Å². The fourth-order valence-corrected chi connectivity index (χ4v) is 4.19. The molecule has 3 aromatic carbocycles. The van der Waals surface area contributed by atoms with Crippen molar-refractivity contribution in [3.63, 3.8) is 0 Å². The van der Waals surface area contributed by atoms with Crippen molar-refractivity contribution < 1.29 is 23.4 Å². The Balaban J connectivity index is 1.51. The summed E-state index contributed by atoms with van der Waals surface area (Å²) in [7, 11) is 0. The van der Waals surface area contributed by atoms with Gasteiger partial charge >= 0.3 is 11.6 Å². The molecule has 1 aliphatic rings. The van der Waals surface area contributed by atoms with Crippen LogP contribution in [0.25, 0.3) is 11.0 Å². The Kier molecular flexibility index (Phi) is 5.88. The minimum atomic E-state index is -0.871. The molecule has 8 heteroatoms. The number of nitriles is 1. The maximum atomic E-state index is 12.8. The molecule has 178 valence electrons. The van der Waals surface area contributed by atoms with Gasteiger partial charge in [-0.3, -0.25) is 0 Å². The largest absolute Gasteiger partial charge is 0.494 e. The Morgan fingerprint density at radius 3 is 2.64 bits per heavy atom. The Labute approximate surface area is 205 Å². The lowest BCUT2D eigenvalue weighted by molar-refractivity contribution is 0.0730. The Morgan fingerprint density at radius 1 is 1.06 bits per heavy atom. The van der Waals surface area contributed by atoms with Crippen molar-refractivity contribution in [2.45, 2.75) is 12.8 Å². The van der Waals surface area contributed by atoms with Gasteiger partial charge in [0.1, 0.15) is 40.0 Å². The van der Waals surface area contributed by atoms with Crippen molar-refractivity contribution in [1.29, 1.82) is 5.26 Å². The fourth-order valence-electron chi connectivity index (χ4n) is 4.19. The first-order chi connectivity index (χ1) is 17.5. The van der Waals surface area contributed by atoms with E-state index in [2.05, 4.69) is 6.07 Å². The molecule has 0 spiro atoms. The van der Waals surface area contributed by atoms with Gasteiger partial charge in [0.2, 0.25) is 5.88 Å². The van der Waals surface area contributed by atoms with Gasteiger partial charge in [-0.25, -0.2) is 9.59 Å². The molecule has 0 bridgehead atoms. The van der Waals surface area contributed by atoms with Crippen molar-refractivity contribution in [1.82, 2.24) is 0 Å². The summed E-state index contributed by atoms with van der Waals surface area (Å²) in [5.41, 5.74) is 7.09. The Hall–Kier alpha value is -5.03. The molecule has 36 heavy (non-hydrogen) atoms. The van der Waals surface area contributed by atoms with Gasteiger partial charge in [0.05, 0.1) is 12.5 Å². The number of hydrogen-bond acceptors (Lipinski definition) is 8. The number of esters is 1. The number of nitrogens with zero attached hydrogens (tertiary/aromatic N) is 1. The number of para-hydroxylation sites is 2. The first-order valence-electron chi connectivity index (χ1n) is 11.2. The van der Waals surface area contributed by atoms with Crippen LogP contribution in [0.4, 0.5) is 0 Å². The van der Waals surface area contributed by atoms with Gasteiger partial charge < -0.3 is 24.4 Å². The third kappa shape index (κ3) is 4.03. The number of carbonyl (C=O) groups is 1. The van der Waals surface area contributed by atoms with Crippen LogP contribution in [0.1, 0.15) is 34.3 Å². The van der Waals surface area contributed by atoms with Crippen molar-refractivity contribution in [2.24, 2.45) is 5.73 Å². The predicted molar refractivity (Wildman–Crippen MR) is 131 cm³/mol. The molecule has 0 saturated heterocycles. The second-order valence-corrected chi connectivity index (χ2v) is 7.97. The normalized spacial score (nSPS) is 14.5. The monoisotopic (exact) mass is 480 g/mol. The van der Waals surface area contributed by atoms with Crippen LogP contribution >= 0.6 is 0 Å². The van der Waals surface area contributed by atoms with Crippen molar-refractivity contribution in [3.05, 3.63) is 111 Å². The molecule has 4 aromatic rings. The zero-order valence-electron chi connectivity index (χ0n) is 19.2. The van der Waals surface area contributed by atoms with Gasteiger partial charge in [0.15, 0.2) is 0 Å². The predicted octanol–water partition coefficient (Wildman–Crippen LogP) is 4.63. The van der Waals surface area contributed by atoms with E-state index in [-0.39, 0.29) is 22.8 Å². The number of ether oxygens (including phenoxy) is 3. The van der Waals surface area contributed by atoms with Crippen LogP contribution in [-0.4, -0.2) is 12.6 Å². The van der Waals surface area contributed by atoms with Crippen LogP contribution in [0.5, 0.6) is 17.2 Å². The molecule has 0 radical (unpaired) electrons. The van der Waals surface area contributed by atoms with Crippen LogP contribution in [-0.2, 0) is 0 Å². The maximum absolute atomic E-state index is 12.8. The standard InChI is InChI=1S/C28H20N2O6/c1-2-33-23-10-6-4-8-18(23)25-19-12-11-17(14-24(19)35-26(30)21(25)15-29)34-27(31)20-13-16-7-3-5-9-22(16)36-28(20)32/h3-14,25H,2,30H2,1H3. The number of allylic oxidation sites excluding steroid dienone is 1. The molecule has 5 rings (SSSR count). The van der Waals surface area contributed by atoms with E-state index in [1.165, 1.54) is 12.1 Å². The summed E-state index contributed by atoms with van der Waals surface area (Å²) in [4.78, 5) is 25.1. The molecule has 0 aliphatic carbocycles. The highest BCUT2D eigenvalue weighted by Crippen LogP contribution is 2.45. The van der Waals surface area contributed by atoms with Crippen LogP contribution in [0.2, 0.25) is 0 Å². The van der Waals surface area contributed by atoms with Crippen molar-refractivity contribution in [3.8, 4) is 23.3 Å². The van der Waals surface area contributed by atoms with E-state index in [1.807, 2.05) is 31.2 Å². The summed E-state index contributed by atoms with van der Waals surface area (Å²) in [5, 5.41) is 10.4. The smallest absolute Gasteiger partial charge is 0.351 e. The van der Waals surface area contributed by atoms with E-state index < -0.39 is 17.5 Å². The van der Waals surface area contributed by atoms with E-state index in [0.29, 0.717) is 34.6 Å². The number of nitrogens with two attached hydrogens (primary N) is 1. The molecule has 1 aromatic heterocycles. The molecule has 8 nitrogen and oxygen atoms in total. The maximum Gasteiger partial charge on any atom is 0.351 e. The van der Waals surface area contributed by atoms with Crippen LogP contribution < -0.4 is 25.6 Å². The number of carbonyl (C=O) groups excluding carboxylic acids is 1. The summed E-state index contributed by atoms with van der Waals surface area (Å²) >= 11 is 0. The minimum Gasteiger partial charge on any atom is -0.494 e. The highest BCUT2D eigenvalue weighted by Gasteiger charge is 2.33. The summed E-state index contributed by atoms with van der Waals surface area (Å²) in [5.74, 6) is -0.393. The average Bonchev–Trinajstić information content (AvgIpc) is 2.88. The summed E-state index contributed by atoms with van der Waals surface area (Å²) in [6.07, 6.45) is 0. The molecule has 1 atom stereocenters. The molecule has 0 amide bonds. The SMILES string of the molecule is CCOc1ccccc1C1C(C#N)=C(N)Oc2cc(OC(=O)c3cc4ccccc4oc3=O)ccc21. The van der Waals surface area contributed by atoms with Crippen molar-refractivity contribution in [2.75, 3.05) is 6.61 Å². The topological polar surface area (TPSA) is 125 Å². The minimum absolute atomic E-state index is 0.0556. The fraction of sp³-hybridized carbons (Fsp3) is 0.107. The lowest BCUT2D eigenvalue weighted by Crippen LogP contribution is -2.22. The van der Waals surface area contributed by atoms with Gasteiger partial charge in [0, 0.05) is 22.6 Å². The molecule has 1 aliphatic heterocycles. The highest BCUT2D eigenvalue weighted by molar-refractivity contribution is 5.94. The zero-order valence-corrected chi connectivity index (χ0v) is 19.2. The molecule has 2 heterocycles. The molecular formula is C28H20N2O6. The second kappa shape index (κ2) is 9.31. The van der Waals surface area contributed by atoms with Crippen LogP contribution in [0.15, 0.2) is 93.5 Å². The average molecular weight is 480 g/mol. The molecule has 0 fully saturated rings. The molecule has 2 N–H and O–H groups in total. The Morgan fingerprint density at radius 2 is 1.83 bits per heavy atom. The second-order valence-electron chi connectivity index (χ2n) is 7.97. The number of rotatable bonds is 5. The summed E-state index contributed by atoms with van der Waals surface area (Å²) in [6, 6.07) is 22.6.